The van der Waals surface area contributed by atoms with Crippen LogP contribution in [-0.4, -0.2) is 37.9 Å². The van der Waals surface area contributed by atoms with E-state index in [2.05, 4.69) is 15.8 Å². The molecule has 0 fully saturated rings. The number of fused-ring (bicyclic) bond motifs is 2. The van der Waals surface area contributed by atoms with Gasteiger partial charge in [-0.1, -0.05) is 0 Å². The quantitative estimate of drug-likeness (QED) is 0.341. The number of benzene rings is 1. The molecule has 0 atom stereocenters. The van der Waals surface area contributed by atoms with Gasteiger partial charge in [-0.3, -0.25) is 9.59 Å². The van der Waals surface area contributed by atoms with Gasteiger partial charge in [0.25, 0.3) is 0 Å². The van der Waals surface area contributed by atoms with Crippen molar-refractivity contribution in [3.05, 3.63) is 39.8 Å². The number of thiophene rings is 1. The maximum absolute atomic E-state index is 12.2. The number of anilines is 1. The molecule has 1 aromatic carbocycles. The molecule has 9 nitrogen and oxygen atoms in total. The number of hydrogen-bond acceptors (Lipinski definition) is 8. The molecule has 2 N–H and O–H groups in total. The summed E-state index contributed by atoms with van der Waals surface area (Å²) in [4.78, 5) is 37.4. The number of carbonyl (C=O) groups excluding carboxylic acids is 3. The molecular formula is C19H17N3O6S. The SMILES string of the molecule is COC(=O)c1c(NC(=O)C(=O)N/N=C/c2ccc3c(c2)OCO3)sc2c1CCC2. The fourth-order valence-corrected chi connectivity index (χ4v) is 4.45. The number of nitrogens with one attached hydrogen (secondary N) is 2. The van der Waals surface area contributed by atoms with E-state index in [9.17, 15) is 14.4 Å². The van der Waals surface area contributed by atoms with E-state index in [-0.39, 0.29) is 6.79 Å². The van der Waals surface area contributed by atoms with Crippen LogP contribution in [0, 0.1) is 0 Å². The molecule has 29 heavy (non-hydrogen) atoms. The lowest BCUT2D eigenvalue weighted by Gasteiger charge is -2.06. The molecule has 10 heteroatoms. The van der Waals surface area contributed by atoms with E-state index in [1.54, 1.807) is 18.2 Å². The summed E-state index contributed by atoms with van der Waals surface area (Å²) in [7, 11) is 1.28. The Bertz CT molecular complexity index is 1030. The highest BCUT2D eigenvalue weighted by Crippen LogP contribution is 2.39. The van der Waals surface area contributed by atoms with Gasteiger partial charge in [-0.2, -0.15) is 5.10 Å². The van der Waals surface area contributed by atoms with Crippen molar-refractivity contribution in [1.82, 2.24) is 5.43 Å². The van der Waals surface area contributed by atoms with E-state index >= 15 is 0 Å². The Hall–Kier alpha value is -3.40. The Morgan fingerprint density at radius 2 is 2.00 bits per heavy atom. The third-order valence-corrected chi connectivity index (χ3v) is 5.73. The molecule has 2 heterocycles. The highest BCUT2D eigenvalue weighted by atomic mass is 32.1. The third-order valence-electron chi connectivity index (χ3n) is 4.52. The summed E-state index contributed by atoms with van der Waals surface area (Å²) in [6, 6.07) is 5.16. The molecule has 0 saturated heterocycles. The van der Waals surface area contributed by atoms with Crippen molar-refractivity contribution < 1.29 is 28.6 Å². The minimum Gasteiger partial charge on any atom is -0.465 e. The van der Waals surface area contributed by atoms with E-state index in [1.165, 1.54) is 24.7 Å². The maximum Gasteiger partial charge on any atom is 0.341 e. The molecule has 2 aliphatic rings. The highest BCUT2D eigenvalue weighted by molar-refractivity contribution is 7.17. The average Bonchev–Trinajstić information content (AvgIpc) is 3.42. The number of nitrogens with zero attached hydrogens (tertiary/aromatic N) is 1. The second-order valence-electron chi connectivity index (χ2n) is 6.32. The lowest BCUT2D eigenvalue weighted by atomic mass is 10.1. The van der Waals surface area contributed by atoms with Crippen LogP contribution in [0.15, 0.2) is 23.3 Å². The zero-order valence-corrected chi connectivity index (χ0v) is 16.3. The molecule has 0 bridgehead atoms. The normalized spacial score (nSPS) is 14.0. The zero-order valence-electron chi connectivity index (χ0n) is 15.4. The maximum atomic E-state index is 12.2. The van der Waals surface area contributed by atoms with Gasteiger partial charge < -0.3 is 19.5 Å². The van der Waals surface area contributed by atoms with E-state index in [0.29, 0.717) is 27.6 Å². The summed E-state index contributed by atoms with van der Waals surface area (Å²) in [6.45, 7) is 0.159. The number of methoxy groups -OCH3 is 1. The van der Waals surface area contributed by atoms with Gasteiger partial charge in [0.05, 0.1) is 18.9 Å². The standard InChI is InChI=1S/C19H17N3O6S/c1-26-19(25)15-11-3-2-4-14(11)29-18(15)21-16(23)17(24)22-20-8-10-5-6-12-13(7-10)28-9-27-12/h5-8H,2-4,9H2,1H3,(H,21,23)(H,22,24)/b20-8+. The van der Waals surface area contributed by atoms with Gasteiger partial charge in [-0.05, 0) is 48.6 Å². The van der Waals surface area contributed by atoms with Gasteiger partial charge >= 0.3 is 17.8 Å². The van der Waals surface area contributed by atoms with Crippen molar-refractivity contribution >= 4 is 40.3 Å². The number of aryl methyl sites for hydroxylation is 1. The van der Waals surface area contributed by atoms with Crippen LogP contribution in [0.5, 0.6) is 11.5 Å². The summed E-state index contributed by atoms with van der Waals surface area (Å²) in [6.07, 6.45) is 3.92. The van der Waals surface area contributed by atoms with Crippen LogP contribution in [-0.2, 0) is 27.2 Å². The molecule has 2 amide bonds. The highest BCUT2D eigenvalue weighted by Gasteiger charge is 2.29. The number of amides is 2. The van der Waals surface area contributed by atoms with Crippen LogP contribution in [0.4, 0.5) is 5.00 Å². The Balaban J connectivity index is 1.40. The number of carbonyl (C=O) groups is 3. The summed E-state index contributed by atoms with van der Waals surface area (Å²) < 4.78 is 15.3. The fraction of sp³-hybridized carbons (Fsp3) is 0.263. The average molecular weight is 415 g/mol. The molecule has 0 saturated carbocycles. The number of hydrazone groups is 1. The smallest absolute Gasteiger partial charge is 0.341 e. The van der Waals surface area contributed by atoms with E-state index in [1.807, 2.05) is 0 Å². The molecule has 0 spiro atoms. The Labute approximate surface area is 169 Å². The van der Waals surface area contributed by atoms with Crippen molar-refractivity contribution in [3.63, 3.8) is 0 Å². The van der Waals surface area contributed by atoms with Crippen LogP contribution in [0.3, 0.4) is 0 Å². The van der Waals surface area contributed by atoms with Crippen LogP contribution in [0.2, 0.25) is 0 Å². The molecule has 150 valence electrons. The molecular weight excluding hydrogens is 398 g/mol. The molecule has 1 aromatic heterocycles. The molecule has 0 unspecified atom stereocenters. The lowest BCUT2D eigenvalue weighted by Crippen LogP contribution is -2.32. The minimum atomic E-state index is -0.952. The first-order chi connectivity index (χ1) is 14.1. The Morgan fingerprint density at radius 1 is 1.17 bits per heavy atom. The Morgan fingerprint density at radius 3 is 2.83 bits per heavy atom. The molecule has 4 rings (SSSR count). The second kappa shape index (κ2) is 7.92. The van der Waals surface area contributed by atoms with Crippen LogP contribution >= 0.6 is 11.3 Å². The minimum absolute atomic E-state index is 0.159. The van der Waals surface area contributed by atoms with Gasteiger partial charge in [0.1, 0.15) is 5.00 Å². The van der Waals surface area contributed by atoms with Gasteiger partial charge in [0.15, 0.2) is 11.5 Å². The first-order valence-corrected chi connectivity index (χ1v) is 9.65. The fourth-order valence-electron chi connectivity index (χ4n) is 3.18. The summed E-state index contributed by atoms with van der Waals surface area (Å²) in [5.41, 5.74) is 4.05. The van der Waals surface area contributed by atoms with E-state index in [4.69, 9.17) is 14.2 Å². The third kappa shape index (κ3) is 3.79. The van der Waals surface area contributed by atoms with Crippen molar-refractivity contribution in [3.8, 4) is 11.5 Å². The number of esters is 1. The monoisotopic (exact) mass is 415 g/mol. The number of hydrogen-bond donors (Lipinski definition) is 2. The zero-order chi connectivity index (χ0) is 20.4. The molecule has 1 aliphatic heterocycles. The van der Waals surface area contributed by atoms with Crippen LogP contribution < -0.4 is 20.2 Å². The second-order valence-corrected chi connectivity index (χ2v) is 7.42. The van der Waals surface area contributed by atoms with Gasteiger partial charge in [-0.25, -0.2) is 10.2 Å². The van der Waals surface area contributed by atoms with Gasteiger partial charge in [-0.15, -0.1) is 11.3 Å². The summed E-state index contributed by atoms with van der Waals surface area (Å²) >= 11 is 1.29. The van der Waals surface area contributed by atoms with Crippen molar-refractivity contribution in [2.24, 2.45) is 5.10 Å². The summed E-state index contributed by atoms with van der Waals surface area (Å²) in [5.74, 6) is -1.18. The molecule has 1 aliphatic carbocycles. The van der Waals surface area contributed by atoms with Gasteiger partial charge in [0.2, 0.25) is 6.79 Å². The largest absolute Gasteiger partial charge is 0.465 e. The van der Waals surface area contributed by atoms with Crippen LogP contribution in [0.25, 0.3) is 0 Å². The Kier molecular flexibility index (Phi) is 5.17. The van der Waals surface area contributed by atoms with Crippen molar-refractivity contribution in [2.75, 3.05) is 19.2 Å². The topological polar surface area (TPSA) is 115 Å². The summed E-state index contributed by atoms with van der Waals surface area (Å²) in [5, 5.41) is 6.60. The lowest BCUT2D eigenvalue weighted by molar-refractivity contribution is -0.136. The van der Waals surface area contributed by atoms with Crippen molar-refractivity contribution in [2.45, 2.75) is 19.3 Å². The first kappa shape index (κ1) is 18.9. The first-order valence-electron chi connectivity index (χ1n) is 8.83. The molecule has 2 aromatic rings. The van der Waals surface area contributed by atoms with Crippen LogP contribution in [0.1, 0.15) is 32.8 Å². The predicted octanol–water partition coefficient (Wildman–Crippen LogP) is 1.84. The van der Waals surface area contributed by atoms with E-state index in [0.717, 1.165) is 29.7 Å². The number of ether oxygens (including phenoxy) is 3. The van der Waals surface area contributed by atoms with Gasteiger partial charge in [0, 0.05) is 4.88 Å². The van der Waals surface area contributed by atoms with E-state index < -0.39 is 17.8 Å². The predicted molar refractivity (Wildman–Crippen MR) is 105 cm³/mol. The number of rotatable bonds is 4. The van der Waals surface area contributed by atoms with Crippen molar-refractivity contribution in [1.29, 1.82) is 0 Å². The molecule has 0 radical (unpaired) electrons.